The normalized spacial score (nSPS) is 19.5. The van der Waals surface area contributed by atoms with Crippen molar-refractivity contribution >= 4 is 0 Å². The molecule has 1 N–H and O–H groups in total. The number of rotatable bonds is 8. The summed E-state index contributed by atoms with van der Waals surface area (Å²) in [6.07, 6.45) is 2.47. The van der Waals surface area contributed by atoms with E-state index in [4.69, 9.17) is 4.74 Å². The summed E-state index contributed by atoms with van der Waals surface area (Å²) >= 11 is 0. The second kappa shape index (κ2) is 8.52. The molecule has 0 saturated heterocycles. The Labute approximate surface area is 129 Å². The highest BCUT2D eigenvalue weighted by atomic mass is 16.5. The lowest BCUT2D eigenvalue weighted by Gasteiger charge is -2.29. The molecule has 2 rings (SSSR count). The summed E-state index contributed by atoms with van der Waals surface area (Å²) in [4.78, 5) is 2.49. The highest BCUT2D eigenvalue weighted by Crippen LogP contribution is 2.25. The van der Waals surface area contributed by atoms with E-state index in [1.165, 1.54) is 30.5 Å². The molecular formula is C18H30N2O. The number of nitrogens with zero attached hydrogens (tertiary/aromatic N) is 1. The molecule has 1 aliphatic rings. The van der Waals surface area contributed by atoms with Gasteiger partial charge in [-0.1, -0.05) is 38.1 Å². The fourth-order valence-electron chi connectivity index (χ4n) is 3.11. The third-order valence-electron chi connectivity index (χ3n) is 4.46. The first-order valence-corrected chi connectivity index (χ1v) is 8.38. The van der Waals surface area contributed by atoms with E-state index in [1.807, 2.05) is 0 Å². The van der Waals surface area contributed by atoms with Crippen LogP contribution in [0.15, 0.2) is 24.3 Å². The summed E-state index contributed by atoms with van der Waals surface area (Å²) < 4.78 is 5.72. The lowest BCUT2D eigenvalue weighted by Crippen LogP contribution is -2.36. The average molecular weight is 290 g/mol. The van der Waals surface area contributed by atoms with Crippen molar-refractivity contribution in [1.82, 2.24) is 10.2 Å². The van der Waals surface area contributed by atoms with Crippen molar-refractivity contribution in [3.05, 3.63) is 35.4 Å². The minimum atomic E-state index is 0.346. The smallest absolute Gasteiger partial charge is 0.0721 e. The van der Waals surface area contributed by atoms with Crippen molar-refractivity contribution in [1.29, 1.82) is 0 Å². The summed E-state index contributed by atoms with van der Waals surface area (Å²) in [5.41, 5.74) is 2.75. The van der Waals surface area contributed by atoms with E-state index in [-0.39, 0.29) is 0 Å². The molecule has 0 aromatic heterocycles. The molecule has 21 heavy (non-hydrogen) atoms. The van der Waals surface area contributed by atoms with E-state index in [9.17, 15) is 0 Å². The first kappa shape index (κ1) is 16.5. The summed E-state index contributed by atoms with van der Waals surface area (Å²) in [5, 5.41) is 3.74. The monoisotopic (exact) mass is 290 g/mol. The Balaban J connectivity index is 1.79. The van der Waals surface area contributed by atoms with Gasteiger partial charge in [0.25, 0.3) is 0 Å². The maximum atomic E-state index is 5.72. The van der Waals surface area contributed by atoms with Crippen LogP contribution in [0.3, 0.4) is 0 Å². The number of benzene rings is 1. The molecular weight excluding hydrogens is 260 g/mol. The number of hydrogen-bond acceptors (Lipinski definition) is 3. The lowest BCUT2D eigenvalue weighted by molar-refractivity contribution is 0.0785. The van der Waals surface area contributed by atoms with Gasteiger partial charge in [0.15, 0.2) is 0 Å². The Morgan fingerprint density at radius 3 is 2.81 bits per heavy atom. The Kier molecular flexibility index (Phi) is 6.68. The summed E-state index contributed by atoms with van der Waals surface area (Å²) in [7, 11) is 0. The maximum absolute atomic E-state index is 5.72. The van der Waals surface area contributed by atoms with E-state index in [1.54, 1.807) is 0 Å². The van der Waals surface area contributed by atoms with Crippen LogP contribution in [0.25, 0.3) is 0 Å². The Hall–Kier alpha value is -0.900. The minimum absolute atomic E-state index is 0.346. The van der Waals surface area contributed by atoms with Gasteiger partial charge in [-0.25, -0.2) is 0 Å². The molecule has 0 aliphatic carbocycles. The van der Waals surface area contributed by atoms with E-state index >= 15 is 0 Å². The van der Waals surface area contributed by atoms with Crippen molar-refractivity contribution in [2.45, 2.75) is 52.3 Å². The van der Waals surface area contributed by atoms with Gasteiger partial charge in [-0.2, -0.15) is 0 Å². The van der Waals surface area contributed by atoms with Crippen LogP contribution in [0.4, 0.5) is 0 Å². The topological polar surface area (TPSA) is 24.5 Å². The van der Waals surface area contributed by atoms with Gasteiger partial charge in [0.05, 0.1) is 19.3 Å². The third kappa shape index (κ3) is 4.80. The van der Waals surface area contributed by atoms with Crippen molar-refractivity contribution in [3.63, 3.8) is 0 Å². The quantitative estimate of drug-likeness (QED) is 0.794. The van der Waals surface area contributed by atoms with Crippen molar-refractivity contribution in [3.8, 4) is 0 Å². The standard InChI is InChI=1S/C18H30N2O/c1-4-20(5-2)12-8-9-15(3)19-18-14-21-13-16-10-6-7-11-17(16)18/h6-7,10-11,15,18-19H,4-5,8-9,12-14H2,1-3H3. The van der Waals surface area contributed by atoms with Crippen molar-refractivity contribution in [2.24, 2.45) is 0 Å². The predicted octanol–water partition coefficient (Wildman–Crippen LogP) is 3.36. The van der Waals surface area contributed by atoms with Crippen LogP contribution in [-0.4, -0.2) is 37.2 Å². The number of hydrogen-bond donors (Lipinski definition) is 1. The first-order valence-electron chi connectivity index (χ1n) is 8.38. The van der Waals surface area contributed by atoms with Crippen molar-refractivity contribution in [2.75, 3.05) is 26.2 Å². The average Bonchev–Trinajstić information content (AvgIpc) is 2.52. The fourth-order valence-corrected chi connectivity index (χ4v) is 3.11. The van der Waals surface area contributed by atoms with Crippen LogP contribution in [0.5, 0.6) is 0 Å². The maximum Gasteiger partial charge on any atom is 0.0721 e. The molecule has 3 heteroatoms. The van der Waals surface area contributed by atoms with Gasteiger partial charge in [-0.3, -0.25) is 0 Å². The molecule has 1 aliphatic heterocycles. The molecule has 1 aromatic rings. The van der Waals surface area contributed by atoms with Gasteiger partial charge in [0.2, 0.25) is 0 Å². The second-order valence-electron chi connectivity index (χ2n) is 6.00. The first-order chi connectivity index (χ1) is 10.2. The number of fused-ring (bicyclic) bond motifs is 1. The Morgan fingerprint density at radius 1 is 1.29 bits per heavy atom. The molecule has 2 atom stereocenters. The number of nitrogens with one attached hydrogen (secondary N) is 1. The van der Waals surface area contributed by atoms with Gasteiger partial charge in [-0.15, -0.1) is 0 Å². The Morgan fingerprint density at radius 2 is 2.05 bits per heavy atom. The van der Waals surface area contributed by atoms with Crippen molar-refractivity contribution < 1.29 is 4.74 Å². The molecule has 0 bridgehead atoms. The molecule has 3 nitrogen and oxygen atoms in total. The molecule has 1 heterocycles. The molecule has 0 amide bonds. The summed E-state index contributed by atoms with van der Waals surface area (Å²) in [6.45, 7) is 11.8. The zero-order valence-corrected chi connectivity index (χ0v) is 13.8. The van der Waals surface area contributed by atoms with Crippen LogP contribution in [0.2, 0.25) is 0 Å². The van der Waals surface area contributed by atoms with Crippen LogP contribution in [0, 0.1) is 0 Å². The zero-order chi connectivity index (χ0) is 15.1. The van der Waals surface area contributed by atoms with Crippen LogP contribution >= 0.6 is 0 Å². The molecule has 0 spiro atoms. The highest BCUT2D eigenvalue weighted by molar-refractivity contribution is 5.31. The number of ether oxygens (including phenoxy) is 1. The molecule has 0 fully saturated rings. The fraction of sp³-hybridized carbons (Fsp3) is 0.667. The molecule has 1 aromatic carbocycles. The van der Waals surface area contributed by atoms with E-state index in [0.717, 1.165) is 26.3 Å². The van der Waals surface area contributed by atoms with Gasteiger partial charge in [0.1, 0.15) is 0 Å². The summed E-state index contributed by atoms with van der Waals surface area (Å²) in [6, 6.07) is 9.51. The molecule has 0 saturated carbocycles. The lowest BCUT2D eigenvalue weighted by atomic mass is 9.98. The van der Waals surface area contributed by atoms with E-state index in [2.05, 4.69) is 55.3 Å². The SMILES string of the molecule is CCN(CC)CCCC(C)NC1COCc2ccccc21. The second-order valence-corrected chi connectivity index (χ2v) is 6.00. The van der Waals surface area contributed by atoms with Gasteiger partial charge in [-0.05, 0) is 50.5 Å². The van der Waals surface area contributed by atoms with Crippen LogP contribution < -0.4 is 5.32 Å². The zero-order valence-electron chi connectivity index (χ0n) is 13.8. The third-order valence-corrected chi connectivity index (χ3v) is 4.46. The Bertz CT molecular complexity index is 417. The summed E-state index contributed by atoms with van der Waals surface area (Å²) in [5.74, 6) is 0. The molecule has 2 unspecified atom stereocenters. The van der Waals surface area contributed by atoms with Gasteiger partial charge < -0.3 is 15.0 Å². The predicted molar refractivity (Wildman–Crippen MR) is 88.5 cm³/mol. The molecule has 118 valence electrons. The van der Waals surface area contributed by atoms with Gasteiger partial charge in [0, 0.05) is 6.04 Å². The van der Waals surface area contributed by atoms with Crippen LogP contribution in [-0.2, 0) is 11.3 Å². The van der Waals surface area contributed by atoms with Crippen LogP contribution in [0.1, 0.15) is 50.8 Å². The van der Waals surface area contributed by atoms with Gasteiger partial charge >= 0.3 is 0 Å². The highest BCUT2D eigenvalue weighted by Gasteiger charge is 2.21. The van der Waals surface area contributed by atoms with E-state index < -0.39 is 0 Å². The minimum Gasteiger partial charge on any atom is -0.375 e. The van der Waals surface area contributed by atoms with E-state index in [0.29, 0.717) is 12.1 Å². The molecule has 0 radical (unpaired) electrons. The largest absolute Gasteiger partial charge is 0.375 e.